The summed E-state index contributed by atoms with van der Waals surface area (Å²) in [6.07, 6.45) is 0. The van der Waals surface area contributed by atoms with Gasteiger partial charge in [-0.25, -0.2) is 4.79 Å². The molecule has 5 nitrogen and oxygen atoms in total. The van der Waals surface area contributed by atoms with Gasteiger partial charge in [0, 0.05) is 5.56 Å². The Morgan fingerprint density at radius 1 is 1.14 bits per heavy atom. The predicted octanol–water partition coefficient (Wildman–Crippen LogP) is 1.37. The molecule has 0 aliphatic rings. The van der Waals surface area contributed by atoms with Gasteiger partial charge in [0.25, 0.3) is 5.78 Å². The molecule has 0 amide bonds. The van der Waals surface area contributed by atoms with Gasteiger partial charge in [-0.15, -0.1) is 0 Å². The van der Waals surface area contributed by atoms with E-state index in [1.54, 1.807) is 30.3 Å². The first-order chi connectivity index (χ1) is 6.75. The van der Waals surface area contributed by atoms with Crippen LogP contribution in [-0.4, -0.2) is 18.9 Å². The van der Waals surface area contributed by atoms with Gasteiger partial charge in [0.05, 0.1) is 7.11 Å². The standard InChI is InChI=1S/C9H8O3.HNO/c1-12-9(11)8(10)7-5-3-2-4-6-7;1-2/h2-6H,1H3;1H. The van der Waals surface area contributed by atoms with E-state index < -0.39 is 11.8 Å². The Bertz CT molecular complexity index is 310. The average molecular weight is 195 g/mol. The molecule has 0 aliphatic heterocycles. The minimum absolute atomic E-state index is 0.351. The number of nitroso groups, excluding NO2 is 1. The molecule has 0 saturated heterocycles. The zero-order valence-corrected chi connectivity index (χ0v) is 7.52. The molecule has 0 aliphatic carbocycles. The van der Waals surface area contributed by atoms with Crippen LogP contribution < -0.4 is 0 Å². The lowest BCUT2D eigenvalue weighted by atomic mass is 10.1. The van der Waals surface area contributed by atoms with Crippen molar-refractivity contribution in [3.8, 4) is 0 Å². The highest BCUT2D eigenvalue weighted by atomic mass is 16.5. The van der Waals surface area contributed by atoms with Crippen molar-refractivity contribution in [2.24, 2.45) is 0 Å². The highest BCUT2D eigenvalue weighted by Gasteiger charge is 2.14. The normalized spacial score (nSPS) is 8.07. The van der Waals surface area contributed by atoms with Crippen LogP contribution in [-0.2, 0) is 9.53 Å². The van der Waals surface area contributed by atoms with Crippen LogP contribution in [0.4, 0.5) is 0 Å². The topological polar surface area (TPSA) is 84.3 Å². The molecule has 1 aromatic rings. The summed E-state index contributed by atoms with van der Waals surface area (Å²) in [4.78, 5) is 29.3. The quantitative estimate of drug-likeness (QED) is 0.334. The predicted molar refractivity (Wildman–Crippen MR) is 48.9 cm³/mol. The van der Waals surface area contributed by atoms with E-state index in [-0.39, 0.29) is 0 Å². The third-order valence-electron chi connectivity index (χ3n) is 1.41. The highest BCUT2D eigenvalue weighted by Crippen LogP contribution is 2.00. The maximum absolute atomic E-state index is 11.1. The molecule has 14 heavy (non-hydrogen) atoms. The van der Waals surface area contributed by atoms with Crippen LogP contribution in [0, 0.1) is 10.5 Å². The molecule has 0 fully saturated rings. The number of rotatable bonds is 2. The van der Waals surface area contributed by atoms with Gasteiger partial charge in [-0.1, -0.05) is 35.9 Å². The second kappa shape index (κ2) is 6.47. The summed E-state index contributed by atoms with van der Waals surface area (Å²) >= 11 is 0. The molecule has 0 saturated carbocycles. The Kier molecular flexibility index (Phi) is 5.53. The lowest BCUT2D eigenvalue weighted by Gasteiger charge is -1.96. The summed E-state index contributed by atoms with van der Waals surface area (Å²) in [7, 11) is 1.18. The first-order valence-corrected chi connectivity index (χ1v) is 3.64. The molecule has 0 unspecified atom stereocenters. The third-order valence-corrected chi connectivity index (χ3v) is 1.41. The van der Waals surface area contributed by atoms with Crippen molar-refractivity contribution in [2.45, 2.75) is 0 Å². The van der Waals surface area contributed by atoms with E-state index in [2.05, 4.69) is 10.3 Å². The molecule has 0 heterocycles. The van der Waals surface area contributed by atoms with E-state index in [1.807, 2.05) is 0 Å². The minimum atomic E-state index is -0.832. The van der Waals surface area contributed by atoms with E-state index in [1.165, 1.54) is 7.11 Å². The molecule has 0 atom stereocenters. The van der Waals surface area contributed by atoms with Crippen LogP contribution in [0.15, 0.2) is 30.3 Å². The molecule has 0 bridgehead atoms. The number of benzene rings is 1. The van der Waals surface area contributed by atoms with Crippen molar-refractivity contribution in [1.29, 1.82) is 5.59 Å². The third kappa shape index (κ3) is 3.14. The molecule has 0 radical (unpaired) electrons. The second-order valence-electron chi connectivity index (χ2n) is 2.19. The van der Waals surface area contributed by atoms with Crippen molar-refractivity contribution in [3.05, 3.63) is 40.8 Å². The number of ketones is 1. The van der Waals surface area contributed by atoms with Crippen molar-refractivity contribution in [3.63, 3.8) is 0 Å². The molecule has 1 rings (SSSR count). The molecular weight excluding hydrogens is 186 g/mol. The number of nitrogens with one attached hydrogen (secondary N) is 1. The maximum Gasteiger partial charge on any atom is 0.379 e. The first kappa shape index (κ1) is 12.0. The van der Waals surface area contributed by atoms with Gasteiger partial charge in [0.2, 0.25) is 0 Å². The van der Waals surface area contributed by atoms with Crippen LogP contribution in [0.3, 0.4) is 0 Å². The van der Waals surface area contributed by atoms with Gasteiger partial charge < -0.3 is 4.74 Å². The van der Waals surface area contributed by atoms with Gasteiger partial charge in [0.15, 0.2) is 0 Å². The van der Waals surface area contributed by atoms with Gasteiger partial charge in [-0.2, -0.15) is 4.91 Å². The van der Waals surface area contributed by atoms with Crippen LogP contribution in [0.1, 0.15) is 10.4 Å². The van der Waals surface area contributed by atoms with Gasteiger partial charge in [-0.05, 0) is 0 Å². The number of Topliss-reactive ketones (excluding diaryl/α,β-unsaturated/α-hetero) is 1. The average Bonchev–Trinajstić information content (AvgIpc) is 2.31. The monoisotopic (exact) mass is 195 g/mol. The fourth-order valence-corrected chi connectivity index (χ4v) is 0.800. The highest BCUT2D eigenvalue weighted by molar-refractivity contribution is 6.40. The Morgan fingerprint density at radius 3 is 2.07 bits per heavy atom. The van der Waals surface area contributed by atoms with Gasteiger partial charge >= 0.3 is 5.97 Å². The van der Waals surface area contributed by atoms with Crippen LogP contribution in [0.5, 0.6) is 0 Å². The molecule has 0 aromatic heterocycles. The van der Waals surface area contributed by atoms with Gasteiger partial charge in [0.1, 0.15) is 0 Å². The summed E-state index contributed by atoms with van der Waals surface area (Å²) in [5, 5.41) is 0. The molecule has 1 aromatic carbocycles. The molecule has 1 N–H and O–H groups in total. The largest absolute Gasteiger partial charge is 0.463 e. The lowest BCUT2D eigenvalue weighted by Crippen LogP contribution is -2.15. The summed E-state index contributed by atoms with van der Waals surface area (Å²) in [5.74, 6) is -1.45. The SMILES string of the molecule is COC(=O)C(=O)c1ccccc1.N=O. The Morgan fingerprint density at radius 2 is 1.64 bits per heavy atom. The smallest absolute Gasteiger partial charge is 0.379 e. The molecular formula is C9H9NO4. The Balaban J connectivity index is 0.000000791. The van der Waals surface area contributed by atoms with Crippen molar-refractivity contribution in [1.82, 2.24) is 0 Å². The molecule has 5 heteroatoms. The number of hydrogen-bond donors (Lipinski definition) is 1. The zero-order valence-electron chi connectivity index (χ0n) is 7.52. The minimum Gasteiger partial charge on any atom is -0.463 e. The summed E-state index contributed by atoms with van der Waals surface area (Å²) in [6.45, 7) is 0. The summed E-state index contributed by atoms with van der Waals surface area (Å²) in [5.41, 5.74) is 4.85. The lowest BCUT2D eigenvalue weighted by molar-refractivity contribution is -0.135. The van der Waals surface area contributed by atoms with E-state index in [4.69, 9.17) is 4.91 Å². The maximum atomic E-state index is 11.1. The first-order valence-electron chi connectivity index (χ1n) is 3.64. The van der Waals surface area contributed by atoms with Crippen molar-refractivity contribution < 1.29 is 14.3 Å². The van der Waals surface area contributed by atoms with E-state index in [9.17, 15) is 9.59 Å². The number of hydrogen-bond acceptors (Lipinski definition) is 5. The van der Waals surface area contributed by atoms with E-state index >= 15 is 0 Å². The van der Waals surface area contributed by atoms with Crippen molar-refractivity contribution >= 4 is 11.8 Å². The summed E-state index contributed by atoms with van der Waals surface area (Å²) < 4.78 is 4.28. The molecule has 0 spiro atoms. The van der Waals surface area contributed by atoms with Crippen LogP contribution in [0.25, 0.3) is 0 Å². The van der Waals surface area contributed by atoms with Crippen molar-refractivity contribution in [2.75, 3.05) is 7.11 Å². The van der Waals surface area contributed by atoms with E-state index in [0.717, 1.165) is 0 Å². The Hall–Kier alpha value is -2.04. The zero-order chi connectivity index (χ0) is 11.0. The van der Waals surface area contributed by atoms with Crippen LogP contribution in [0.2, 0.25) is 0 Å². The number of ether oxygens (including phenoxy) is 1. The number of esters is 1. The number of carbonyl (C=O) groups is 2. The summed E-state index contributed by atoms with van der Waals surface area (Å²) in [6, 6.07) is 8.29. The van der Waals surface area contributed by atoms with Gasteiger partial charge in [-0.3, -0.25) is 4.79 Å². The van der Waals surface area contributed by atoms with Crippen LogP contribution >= 0.6 is 0 Å². The fourth-order valence-electron chi connectivity index (χ4n) is 0.800. The Labute approximate surface area is 80.5 Å². The second-order valence-corrected chi connectivity index (χ2v) is 2.19. The fraction of sp³-hybridized carbons (Fsp3) is 0.111. The number of methoxy groups -OCH3 is 1. The molecule has 74 valence electrons. The number of carbonyl (C=O) groups excluding carboxylic acids is 2. The van der Waals surface area contributed by atoms with E-state index in [0.29, 0.717) is 5.56 Å².